The number of nitrogens with one attached hydrogen (secondary N) is 2. The van der Waals surface area contributed by atoms with Gasteiger partial charge in [0.05, 0.1) is 12.0 Å². The van der Waals surface area contributed by atoms with Crippen LogP contribution >= 0.6 is 11.6 Å². The lowest BCUT2D eigenvalue weighted by Gasteiger charge is -2.21. The summed E-state index contributed by atoms with van der Waals surface area (Å²) in [6.07, 6.45) is 4.26. The Balaban J connectivity index is 1.61. The van der Waals surface area contributed by atoms with Gasteiger partial charge in [0.15, 0.2) is 0 Å². The molecule has 0 heterocycles. The van der Waals surface area contributed by atoms with Crippen LogP contribution in [0.1, 0.15) is 42.9 Å². The number of primary amides is 1. The molecule has 0 spiro atoms. The summed E-state index contributed by atoms with van der Waals surface area (Å²) in [4.78, 5) is 23.6. The van der Waals surface area contributed by atoms with Crippen LogP contribution in [-0.2, 0) is 11.2 Å². The number of urea groups is 1. The van der Waals surface area contributed by atoms with Gasteiger partial charge in [0, 0.05) is 11.1 Å². The molecule has 1 aromatic carbocycles. The van der Waals surface area contributed by atoms with Crippen LogP contribution in [-0.4, -0.2) is 18.0 Å². The van der Waals surface area contributed by atoms with Gasteiger partial charge in [-0.25, -0.2) is 4.79 Å². The molecule has 5 nitrogen and oxygen atoms in total. The minimum atomic E-state index is -0.330. The van der Waals surface area contributed by atoms with E-state index in [1.54, 1.807) is 0 Å². The Labute approximate surface area is 134 Å². The second-order valence-corrected chi connectivity index (χ2v) is 6.53. The molecule has 4 N–H and O–H groups in total. The predicted octanol–water partition coefficient (Wildman–Crippen LogP) is 2.28. The van der Waals surface area contributed by atoms with E-state index in [1.807, 2.05) is 18.2 Å². The number of nitrogens with two attached hydrogens (primary N) is 1. The standard InChI is InChI=1S/C16H20ClN3O2/c17-10-5-6-11-9(8-10)4-7-14(11)20-16(22)19-13-3-1-2-12(13)15(18)21/h5-6,8,12-14H,1-4,7H2,(H2,18,21)(H2,19,20,22)/t12-,13-,14-/m1/s1. The van der Waals surface area contributed by atoms with Gasteiger partial charge in [-0.2, -0.15) is 0 Å². The van der Waals surface area contributed by atoms with Crippen molar-refractivity contribution in [2.75, 3.05) is 0 Å². The number of rotatable bonds is 3. The molecule has 0 aromatic heterocycles. The summed E-state index contributed by atoms with van der Waals surface area (Å²) in [6, 6.07) is 5.39. The Kier molecular flexibility index (Phi) is 4.25. The third-order valence-corrected chi connectivity index (χ3v) is 4.92. The lowest BCUT2D eigenvalue weighted by Crippen LogP contribution is -2.47. The van der Waals surface area contributed by atoms with Gasteiger partial charge in [-0.05, 0) is 48.9 Å². The second-order valence-electron chi connectivity index (χ2n) is 6.10. The molecule has 118 valence electrons. The summed E-state index contributed by atoms with van der Waals surface area (Å²) in [7, 11) is 0. The van der Waals surface area contributed by atoms with E-state index in [0.717, 1.165) is 42.7 Å². The summed E-state index contributed by atoms with van der Waals surface area (Å²) >= 11 is 5.99. The topological polar surface area (TPSA) is 84.2 Å². The Morgan fingerprint density at radius 3 is 2.77 bits per heavy atom. The fourth-order valence-electron chi connectivity index (χ4n) is 3.58. The van der Waals surface area contributed by atoms with Gasteiger partial charge in [0.1, 0.15) is 0 Å². The first-order valence-corrected chi connectivity index (χ1v) is 8.07. The van der Waals surface area contributed by atoms with Gasteiger partial charge >= 0.3 is 6.03 Å². The van der Waals surface area contributed by atoms with Gasteiger partial charge in [-0.15, -0.1) is 0 Å². The highest BCUT2D eigenvalue weighted by molar-refractivity contribution is 6.30. The molecule has 2 aliphatic rings. The normalized spacial score (nSPS) is 26.5. The van der Waals surface area contributed by atoms with Crippen LogP contribution in [0.5, 0.6) is 0 Å². The number of carbonyl (C=O) groups excluding carboxylic acids is 2. The maximum atomic E-state index is 12.2. The third kappa shape index (κ3) is 3.04. The number of hydrogen-bond donors (Lipinski definition) is 3. The van der Waals surface area contributed by atoms with Gasteiger partial charge in [-0.1, -0.05) is 24.1 Å². The molecule has 22 heavy (non-hydrogen) atoms. The largest absolute Gasteiger partial charge is 0.369 e. The second kappa shape index (κ2) is 6.16. The zero-order valence-corrected chi connectivity index (χ0v) is 13.0. The number of carbonyl (C=O) groups is 2. The van der Waals surface area contributed by atoms with Crippen LogP contribution in [0.3, 0.4) is 0 Å². The summed E-state index contributed by atoms with van der Waals surface area (Å²) in [6.45, 7) is 0. The van der Waals surface area contributed by atoms with Crippen LogP contribution in [0.4, 0.5) is 4.79 Å². The zero-order chi connectivity index (χ0) is 15.7. The minimum Gasteiger partial charge on any atom is -0.369 e. The molecule has 1 saturated carbocycles. The summed E-state index contributed by atoms with van der Waals surface area (Å²) in [5.74, 6) is -0.580. The van der Waals surface area contributed by atoms with Gasteiger partial charge < -0.3 is 16.4 Å². The average Bonchev–Trinajstić information content (AvgIpc) is 3.06. The molecule has 3 amide bonds. The monoisotopic (exact) mass is 321 g/mol. The molecule has 0 aliphatic heterocycles. The molecule has 3 atom stereocenters. The van der Waals surface area contributed by atoms with Crippen molar-refractivity contribution in [3.63, 3.8) is 0 Å². The zero-order valence-electron chi connectivity index (χ0n) is 12.3. The SMILES string of the molecule is NC(=O)[C@@H]1CCC[C@H]1NC(=O)N[C@@H]1CCc2cc(Cl)ccc21. The highest BCUT2D eigenvalue weighted by Gasteiger charge is 2.33. The number of amides is 3. The highest BCUT2D eigenvalue weighted by atomic mass is 35.5. The van der Waals surface area contributed by atoms with Gasteiger partial charge in [0.2, 0.25) is 5.91 Å². The van der Waals surface area contributed by atoms with E-state index in [9.17, 15) is 9.59 Å². The first-order valence-electron chi connectivity index (χ1n) is 7.69. The van der Waals surface area contributed by atoms with E-state index < -0.39 is 0 Å². The van der Waals surface area contributed by atoms with E-state index in [0.29, 0.717) is 0 Å². The van der Waals surface area contributed by atoms with Crippen molar-refractivity contribution < 1.29 is 9.59 Å². The van der Waals surface area contributed by atoms with Gasteiger partial charge in [0.25, 0.3) is 0 Å². The van der Waals surface area contributed by atoms with Crippen molar-refractivity contribution in [3.8, 4) is 0 Å². The van der Waals surface area contributed by atoms with E-state index in [4.69, 9.17) is 17.3 Å². The maximum Gasteiger partial charge on any atom is 0.315 e. The first-order chi connectivity index (χ1) is 10.5. The fraction of sp³-hybridized carbons (Fsp3) is 0.500. The van der Waals surface area contributed by atoms with Crippen LogP contribution in [0.25, 0.3) is 0 Å². The fourth-order valence-corrected chi connectivity index (χ4v) is 3.77. The van der Waals surface area contributed by atoms with Crippen molar-refractivity contribution >= 4 is 23.5 Å². The molecule has 3 rings (SSSR count). The molecule has 2 aliphatic carbocycles. The van der Waals surface area contributed by atoms with Crippen LogP contribution < -0.4 is 16.4 Å². The van der Waals surface area contributed by atoms with Gasteiger partial charge in [-0.3, -0.25) is 4.79 Å². The molecular formula is C16H20ClN3O2. The van der Waals surface area contributed by atoms with E-state index in [-0.39, 0.29) is 29.9 Å². The van der Waals surface area contributed by atoms with Crippen LogP contribution in [0.15, 0.2) is 18.2 Å². The number of halogens is 1. The average molecular weight is 322 g/mol. The van der Waals surface area contributed by atoms with Crippen LogP contribution in [0.2, 0.25) is 5.02 Å². The molecule has 0 saturated heterocycles. The molecular weight excluding hydrogens is 302 g/mol. The van der Waals surface area contributed by atoms with Crippen molar-refractivity contribution in [2.24, 2.45) is 11.7 Å². The predicted molar refractivity (Wildman–Crippen MR) is 84.5 cm³/mol. The van der Waals surface area contributed by atoms with Crippen molar-refractivity contribution in [1.29, 1.82) is 0 Å². The number of hydrogen-bond acceptors (Lipinski definition) is 2. The number of fused-ring (bicyclic) bond motifs is 1. The van der Waals surface area contributed by atoms with E-state index >= 15 is 0 Å². The Morgan fingerprint density at radius 1 is 1.18 bits per heavy atom. The summed E-state index contributed by atoms with van der Waals surface area (Å²) < 4.78 is 0. The van der Waals surface area contributed by atoms with Crippen molar-refractivity contribution in [1.82, 2.24) is 10.6 Å². The van der Waals surface area contributed by atoms with E-state index in [2.05, 4.69) is 10.6 Å². The molecule has 1 aromatic rings. The first kappa shape index (κ1) is 15.2. The van der Waals surface area contributed by atoms with E-state index in [1.165, 1.54) is 5.56 Å². The summed E-state index contributed by atoms with van der Waals surface area (Å²) in [5.41, 5.74) is 7.69. The third-order valence-electron chi connectivity index (χ3n) is 4.69. The van der Waals surface area contributed by atoms with Crippen molar-refractivity contribution in [3.05, 3.63) is 34.3 Å². The van der Waals surface area contributed by atoms with Crippen molar-refractivity contribution in [2.45, 2.75) is 44.2 Å². The Morgan fingerprint density at radius 2 is 2.00 bits per heavy atom. The smallest absolute Gasteiger partial charge is 0.315 e. The quantitative estimate of drug-likeness (QED) is 0.798. The Bertz CT molecular complexity index is 605. The maximum absolute atomic E-state index is 12.2. The van der Waals surface area contributed by atoms with Crippen LogP contribution in [0, 0.1) is 5.92 Å². The summed E-state index contributed by atoms with van der Waals surface area (Å²) in [5, 5.41) is 6.62. The number of aryl methyl sites for hydroxylation is 1. The molecule has 0 bridgehead atoms. The number of benzene rings is 1. The lowest BCUT2D eigenvalue weighted by molar-refractivity contribution is -0.122. The molecule has 6 heteroatoms. The lowest BCUT2D eigenvalue weighted by atomic mass is 10.0. The molecule has 0 unspecified atom stereocenters. The highest BCUT2D eigenvalue weighted by Crippen LogP contribution is 2.33. The minimum absolute atomic E-state index is 0.000646. The Hall–Kier alpha value is -1.75. The molecule has 1 fully saturated rings. The molecule has 0 radical (unpaired) electrons.